The summed E-state index contributed by atoms with van der Waals surface area (Å²) in [5.41, 5.74) is 0.873. The Morgan fingerprint density at radius 1 is 1.47 bits per heavy atom. The fourth-order valence-corrected chi connectivity index (χ4v) is 2.27. The molecule has 2 amide bonds. The molecule has 0 aromatic heterocycles. The van der Waals surface area contributed by atoms with E-state index in [4.69, 9.17) is 11.6 Å². The van der Waals surface area contributed by atoms with Crippen LogP contribution in [0.1, 0.15) is 18.5 Å². The maximum Gasteiger partial charge on any atom is 0.239 e. The summed E-state index contributed by atoms with van der Waals surface area (Å²) >= 11 is 6.08. The predicted molar refractivity (Wildman–Crippen MR) is 72.8 cm³/mol. The number of hydrogen-bond acceptors (Lipinski definition) is 3. The van der Waals surface area contributed by atoms with Crippen LogP contribution in [0.4, 0.5) is 0 Å². The molecule has 0 aliphatic carbocycles. The molecular weight excluding hydrogens is 266 g/mol. The van der Waals surface area contributed by atoms with Gasteiger partial charge in [0.25, 0.3) is 0 Å². The molecule has 1 fully saturated rings. The van der Waals surface area contributed by atoms with Gasteiger partial charge in [-0.15, -0.1) is 0 Å². The van der Waals surface area contributed by atoms with Crippen LogP contribution in [-0.4, -0.2) is 30.9 Å². The molecule has 0 bridgehead atoms. The number of piperazine rings is 1. The SMILES string of the molecule is CC(NC(=O)C1CNC(=O)CN1)c1ccccc1Cl. The summed E-state index contributed by atoms with van der Waals surface area (Å²) in [4.78, 5) is 23.0. The summed E-state index contributed by atoms with van der Waals surface area (Å²) < 4.78 is 0. The number of rotatable bonds is 3. The van der Waals surface area contributed by atoms with Crippen molar-refractivity contribution in [3.05, 3.63) is 34.9 Å². The van der Waals surface area contributed by atoms with Gasteiger partial charge in [-0.25, -0.2) is 0 Å². The smallest absolute Gasteiger partial charge is 0.239 e. The van der Waals surface area contributed by atoms with Crippen LogP contribution in [0, 0.1) is 0 Å². The number of carbonyl (C=O) groups is 2. The minimum Gasteiger partial charge on any atom is -0.353 e. The molecule has 102 valence electrons. The van der Waals surface area contributed by atoms with E-state index >= 15 is 0 Å². The number of hydrogen-bond donors (Lipinski definition) is 3. The van der Waals surface area contributed by atoms with Gasteiger partial charge in [0.05, 0.1) is 12.6 Å². The molecule has 1 aliphatic heterocycles. The first kappa shape index (κ1) is 13.8. The Hall–Kier alpha value is -1.59. The highest BCUT2D eigenvalue weighted by Crippen LogP contribution is 2.22. The summed E-state index contributed by atoms with van der Waals surface area (Å²) in [6, 6.07) is 6.81. The fourth-order valence-electron chi connectivity index (χ4n) is 1.97. The molecule has 1 aromatic rings. The van der Waals surface area contributed by atoms with Crippen molar-refractivity contribution in [2.75, 3.05) is 13.1 Å². The lowest BCUT2D eigenvalue weighted by molar-refractivity contribution is -0.127. The zero-order valence-electron chi connectivity index (χ0n) is 10.6. The molecule has 1 aliphatic rings. The van der Waals surface area contributed by atoms with E-state index in [1.165, 1.54) is 0 Å². The molecule has 19 heavy (non-hydrogen) atoms. The lowest BCUT2D eigenvalue weighted by atomic mass is 10.1. The Labute approximate surface area is 116 Å². The first-order valence-electron chi connectivity index (χ1n) is 6.13. The van der Waals surface area contributed by atoms with Crippen LogP contribution in [0.5, 0.6) is 0 Å². The quantitative estimate of drug-likeness (QED) is 0.760. The standard InChI is InChI=1S/C13H16ClN3O2/c1-8(9-4-2-3-5-10(9)14)17-13(19)11-6-16-12(18)7-15-11/h2-5,8,11,15H,6-7H2,1H3,(H,16,18)(H,17,19). The highest BCUT2D eigenvalue weighted by atomic mass is 35.5. The number of halogens is 1. The molecule has 1 saturated heterocycles. The van der Waals surface area contributed by atoms with Crippen LogP contribution in [0.3, 0.4) is 0 Å². The van der Waals surface area contributed by atoms with Crippen molar-refractivity contribution < 1.29 is 9.59 Å². The molecule has 2 rings (SSSR count). The van der Waals surface area contributed by atoms with Gasteiger partial charge < -0.3 is 10.6 Å². The Balaban J connectivity index is 1.95. The highest BCUT2D eigenvalue weighted by molar-refractivity contribution is 6.31. The molecule has 0 saturated carbocycles. The lowest BCUT2D eigenvalue weighted by Crippen LogP contribution is -2.58. The molecule has 2 unspecified atom stereocenters. The van der Waals surface area contributed by atoms with Gasteiger partial charge in [0.2, 0.25) is 11.8 Å². The summed E-state index contributed by atoms with van der Waals surface area (Å²) in [5, 5.41) is 9.04. The molecule has 3 N–H and O–H groups in total. The monoisotopic (exact) mass is 281 g/mol. The Morgan fingerprint density at radius 2 is 2.21 bits per heavy atom. The number of carbonyl (C=O) groups excluding carboxylic acids is 2. The topological polar surface area (TPSA) is 70.2 Å². The van der Waals surface area contributed by atoms with Crippen molar-refractivity contribution in [3.63, 3.8) is 0 Å². The van der Waals surface area contributed by atoms with E-state index in [-0.39, 0.29) is 24.4 Å². The van der Waals surface area contributed by atoms with Crippen molar-refractivity contribution in [2.24, 2.45) is 0 Å². The summed E-state index contributed by atoms with van der Waals surface area (Å²) in [6.07, 6.45) is 0. The van der Waals surface area contributed by atoms with Crippen LogP contribution in [0.25, 0.3) is 0 Å². The summed E-state index contributed by atoms with van der Waals surface area (Å²) in [6.45, 7) is 2.35. The Kier molecular flexibility index (Phi) is 4.39. The molecule has 1 heterocycles. The van der Waals surface area contributed by atoms with Gasteiger partial charge >= 0.3 is 0 Å². The van der Waals surface area contributed by atoms with Gasteiger partial charge in [0.1, 0.15) is 6.04 Å². The Morgan fingerprint density at radius 3 is 2.84 bits per heavy atom. The maximum atomic E-state index is 12.0. The van der Waals surface area contributed by atoms with E-state index in [0.717, 1.165) is 5.56 Å². The molecular formula is C13H16ClN3O2. The van der Waals surface area contributed by atoms with Gasteiger partial charge in [-0.1, -0.05) is 29.8 Å². The van der Waals surface area contributed by atoms with Gasteiger partial charge in [0, 0.05) is 11.6 Å². The van der Waals surface area contributed by atoms with E-state index in [1.807, 2.05) is 25.1 Å². The predicted octanol–water partition coefficient (Wildman–Crippen LogP) is 0.605. The third-order valence-electron chi connectivity index (χ3n) is 3.06. The van der Waals surface area contributed by atoms with E-state index < -0.39 is 6.04 Å². The van der Waals surface area contributed by atoms with Crippen molar-refractivity contribution in [1.82, 2.24) is 16.0 Å². The summed E-state index contributed by atoms with van der Waals surface area (Å²) in [5.74, 6) is -0.240. The van der Waals surface area contributed by atoms with Crippen molar-refractivity contribution >= 4 is 23.4 Å². The molecule has 0 spiro atoms. The largest absolute Gasteiger partial charge is 0.353 e. The normalized spacial score (nSPS) is 20.5. The molecule has 2 atom stereocenters. The number of amides is 2. The Bertz CT molecular complexity index is 483. The highest BCUT2D eigenvalue weighted by Gasteiger charge is 2.25. The van der Waals surface area contributed by atoms with Crippen LogP contribution in [0.15, 0.2) is 24.3 Å². The van der Waals surface area contributed by atoms with E-state index in [0.29, 0.717) is 11.6 Å². The molecule has 5 nitrogen and oxygen atoms in total. The van der Waals surface area contributed by atoms with Crippen molar-refractivity contribution in [2.45, 2.75) is 19.0 Å². The van der Waals surface area contributed by atoms with E-state index in [9.17, 15) is 9.59 Å². The summed E-state index contributed by atoms with van der Waals surface area (Å²) in [7, 11) is 0. The second kappa shape index (κ2) is 6.04. The first-order valence-corrected chi connectivity index (χ1v) is 6.50. The first-order chi connectivity index (χ1) is 9.08. The zero-order valence-corrected chi connectivity index (χ0v) is 11.3. The van der Waals surface area contributed by atoms with Crippen molar-refractivity contribution in [3.8, 4) is 0 Å². The van der Waals surface area contributed by atoms with E-state index in [1.54, 1.807) is 6.07 Å². The van der Waals surface area contributed by atoms with Crippen LogP contribution in [0.2, 0.25) is 5.02 Å². The fraction of sp³-hybridized carbons (Fsp3) is 0.385. The van der Waals surface area contributed by atoms with Crippen LogP contribution in [-0.2, 0) is 9.59 Å². The second-order valence-electron chi connectivity index (χ2n) is 4.49. The van der Waals surface area contributed by atoms with Gasteiger partial charge in [-0.2, -0.15) is 0 Å². The van der Waals surface area contributed by atoms with Crippen molar-refractivity contribution in [1.29, 1.82) is 0 Å². The van der Waals surface area contributed by atoms with Crippen LogP contribution < -0.4 is 16.0 Å². The third-order valence-corrected chi connectivity index (χ3v) is 3.40. The third kappa shape index (κ3) is 3.45. The van der Waals surface area contributed by atoms with E-state index in [2.05, 4.69) is 16.0 Å². The minimum atomic E-state index is -0.400. The number of benzene rings is 1. The average Bonchev–Trinajstić information content (AvgIpc) is 2.39. The van der Waals surface area contributed by atoms with Gasteiger partial charge in [-0.3, -0.25) is 14.9 Å². The van der Waals surface area contributed by atoms with Gasteiger partial charge in [0.15, 0.2) is 0 Å². The molecule has 6 heteroatoms. The van der Waals surface area contributed by atoms with Crippen LogP contribution >= 0.6 is 11.6 Å². The molecule has 0 radical (unpaired) electrons. The molecule has 1 aromatic carbocycles. The number of nitrogens with one attached hydrogen (secondary N) is 3. The zero-order chi connectivity index (χ0) is 13.8. The average molecular weight is 282 g/mol. The maximum absolute atomic E-state index is 12.0. The second-order valence-corrected chi connectivity index (χ2v) is 4.90. The van der Waals surface area contributed by atoms with Gasteiger partial charge in [-0.05, 0) is 18.6 Å². The lowest BCUT2D eigenvalue weighted by Gasteiger charge is -2.25. The minimum absolute atomic E-state index is 0.0943.